The van der Waals surface area contributed by atoms with E-state index in [1.807, 2.05) is 45.0 Å². The number of esters is 1. The van der Waals surface area contributed by atoms with Crippen molar-refractivity contribution in [3.63, 3.8) is 0 Å². The van der Waals surface area contributed by atoms with E-state index in [2.05, 4.69) is 16.3 Å². The minimum Gasteiger partial charge on any atom is -0.472 e. The number of benzene rings is 1. The van der Waals surface area contributed by atoms with Crippen LogP contribution in [0.2, 0.25) is 0 Å². The first kappa shape index (κ1) is 36.0. The number of carbonyl (C=O) groups excluding carboxylic acids is 4. The number of nitrogens with zero attached hydrogens (tertiary/aromatic N) is 2. The van der Waals surface area contributed by atoms with Gasteiger partial charge in [0, 0.05) is 24.4 Å². The van der Waals surface area contributed by atoms with Gasteiger partial charge in [0.1, 0.15) is 6.10 Å². The van der Waals surface area contributed by atoms with Crippen molar-refractivity contribution in [3.8, 4) is 5.88 Å². The molecule has 0 radical (unpaired) electrons. The Morgan fingerprint density at radius 2 is 1.92 bits per heavy atom. The molecule has 6 atom stereocenters. The Balaban J connectivity index is 1.33. The average molecular weight is 710 g/mol. The van der Waals surface area contributed by atoms with Gasteiger partial charge < -0.3 is 19.5 Å². The lowest BCUT2D eigenvalue weighted by Crippen LogP contribution is -2.48. The number of Topliss-reactive ketones (excluding diaryl/α,β-unsaturated/α-hetero) is 1. The summed E-state index contributed by atoms with van der Waals surface area (Å²) in [6.45, 7) is 9.54. The second-order valence-electron chi connectivity index (χ2n) is 15.5. The molecule has 2 aromatic rings. The molecule has 2 aliphatic heterocycles. The monoisotopic (exact) mass is 709 g/mol. The molecule has 2 amide bonds. The van der Waals surface area contributed by atoms with Crippen molar-refractivity contribution in [3.05, 3.63) is 48.7 Å². The van der Waals surface area contributed by atoms with E-state index in [4.69, 9.17) is 9.47 Å². The second kappa shape index (κ2) is 13.7. The van der Waals surface area contributed by atoms with Gasteiger partial charge in [-0.3, -0.25) is 23.9 Å². The van der Waals surface area contributed by atoms with Crippen molar-refractivity contribution in [1.82, 2.24) is 14.6 Å². The predicted octanol–water partition coefficient (Wildman–Crippen LogP) is 4.16. The van der Waals surface area contributed by atoms with Crippen LogP contribution < -0.4 is 9.46 Å². The predicted molar refractivity (Wildman–Crippen MR) is 184 cm³/mol. The quantitative estimate of drug-likeness (QED) is 0.315. The molecule has 3 heterocycles. The number of ether oxygens (including phenoxy) is 2. The molecule has 3 unspecified atom stereocenters. The summed E-state index contributed by atoms with van der Waals surface area (Å²) in [7, 11) is -3.85. The van der Waals surface area contributed by atoms with Gasteiger partial charge >= 0.3 is 5.97 Å². The van der Waals surface area contributed by atoms with E-state index >= 15 is 0 Å². The number of amides is 2. The number of hydrogen-bond donors (Lipinski definition) is 2. The van der Waals surface area contributed by atoms with Crippen LogP contribution in [-0.4, -0.2) is 77.5 Å². The SMILES string of the molecule is C=C[C@H]1C[C@]1(CC(=O)C1C[C@@H]2CN1C(=O)C(C(C)(C)C)CC(=O)OCCCCC(O)c1ccc3ccnc(c3c1)O2)C(=O)NS(=O)(=O)C1CC1. The fourth-order valence-electron chi connectivity index (χ4n) is 7.34. The van der Waals surface area contributed by atoms with Crippen molar-refractivity contribution in [2.45, 2.75) is 102 Å². The van der Waals surface area contributed by atoms with Crippen molar-refractivity contribution in [2.75, 3.05) is 13.2 Å². The summed E-state index contributed by atoms with van der Waals surface area (Å²) in [5.74, 6) is -2.98. The number of allylic oxidation sites excluding steroid dienone is 1. The van der Waals surface area contributed by atoms with E-state index in [-0.39, 0.29) is 38.8 Å². The molecular formula is C37H47N3O9S. The molecule has 4 bridgehead atoms. The van der Waals surface area contributed by atoms with E-state index in [1.165, 1.54) is 4.90 Å². The lowest BCUT2D eigenvalue weighted by atomic mass is 9.77. The van der Waals surface area contributed by atoms with Crippen LogP contribution in [0.4, 0.5) is 0 Å². The van der Waals surface area contributed by atoms with E-state index < -0.39 is 79.8 Å². The van der Waals surface area contributed by atoms with E-state index in [9.17, 15) is 32.7 Å². The molecule has 270 valence electrons. The number of nitrogens with one attached hydrogen (secondary N) is 1. The summed E-state index contributed by atoms with van der Waals surface area (Å²) >= 11 is 0. The Morgan fingerprint density at radius 3 is 2.60 bits per heavy atom. The second-order valence-corrected chi connectivity index (χ2v) is 17.4. The Kier molecular flexibility index (Phi) is 9.86. The molecule has 4 aliphatic rings. The summed E-state index contributed by atoms with van der Waals surface area (Å²) in [5.41, 5.74) is -1.28. The summed E-state index contributed by atoms with van der Waals surface area (Å²) in [6, 6.07) is 6.40. The topological polar surface area (TPSA) is 169 Å². The van der Waals surface area contributed by atoms with Crippen LogP contribution in [0.15, 0.2) is 43.1 Å². The number of sulfonamides is 1. The third-order valence-corrected chi connectivity index (χ3v) is 12.6. The van der Waals surface area contributed by atoms with Crippen LogP contribution in [-0.2, 0) is 33.9 Å². The summed E-state index contributed by atoms with van der Waals surface area (Å²) < 4.78 is 39.6. The number of hydrogen-bond acceptors (Lipinski definition) is 10. The normalized spacial score (nSPS) is 29.4. The molecule has 1 saturated heterocycles. The molecular weight excluding hydrogens is 662 g/mol. The molecule has 3 fully saturated rings. The third-order valence-electron chi connectivity index (χ3n) is 10.7. The molecule has 12 nitrogen and oxygen atoms in total. The van der Waals surface area contributed by atoms with Crippen molar-refractivity contribution < 1.29 is 42.2 Å². The van der Waals surface area contributed by atoms with Gasteiger partial charge in [0.15, 0.2) is 5.78 Å². The molecule has 2 saturated carbocycles. The van der Waals surface area contributed by atoms with Crippen molar-refractivity contribution >= 4 is 44.4 Å². The Labute approximate surface area is 293 Å². The highest BCUT2D eigenvalue weighted by Crippen LogP contribution is 2.57. The zero-order valence-electron chi connectivity index (χ0n) is 28.9. The Hall–Kier alpha value is -3.84. The first-order valence-electron chi connectivity index (χ1n) is 17.5. The highest BCUT2D eigenvalue weighted by atomic mass is 32.2. The van der Waals surface area contributed by atoms with E-state index in [0.29, 0.717) is 48.9 Å². The summed E-state index contributed by atoms with van der Waals surface area (Å²) in [6.07, 6.45) is 4.22. The highest BCUT2D eigenvalue weighted by Gasteiger charge is 2.61. The van der Waals surface area contributed by atoms with Crippen molar-refractivity contribution in [1.29, 1.82) is 0 Å². The number of fused-ring (bicyclic) bond motifs is 3. The number of aliphatic hydroxyl groups is 1. The molecule has 1 aromatic carbocycles. The van der Waals surface area contributed by atoms with Crippen LogP contribution in [0.1, 0.15) is 90.2 Å². The number of cyclic esters (lactones) is 1. The maximum absolute atomic E-state index is 14.5. The van der Waals surface area contributed by atoms with Gasteiger partial charge in [-0.2, -0.15) is 0 Å². The van der Waals surface area contributed by atoms with Gasteiger partial charge in [-0.25, -0.2) is 13.4 Å². The smallest absolute Gasteiger partial charge is 0.306 e. The largest absolute Gasteiger partial charge is 0.472 e. The number of carbonyl (C=O) groups is 4. The summed E-state index contributed by atoms with van der Waals surface area (Å²) in [5, 5.41) is 11.9. The summed E-state index contributed by atoms with van der Waals surface area (Å²) in [4.78, 5) is 61.3. The Bertz CT molecular complexity index is 1800. The molecule has 13 heteroatoms. The standard InChI is InChI=1S/C37H47N3O9S/c1-5-24-19-37(24,35(45)39-50(46,47)26-11-12-26)20-31(42)29-17-25-21-40(29)34(44)28(36(2,3)4)18-32(43)48-15-7-6-8-30(41)23-10-9-22-13-14-38-33(49-25)27(22)16-23/h5,9-10,13-14,16,24-26,28-30,41H,1,6-8,11-12,15,17-21H2,2-4H3,(H,39,45)/t24-,25+,28?,29?,30?,37+/m0/s1. The Morgan fingerprint density at radius 1 is 1.16 bits per heavy atom. The molecule has 2 N–H and O–H groups in total. The average Bonchev–Trinajstić information content (AvgIpc) is 3.99. The molecule has 1 aromatic heterocycles. The molecule has 50 heavy (non-hydrogen) atoms. The van der Waals surface area contributed by atoms with E-state index in [0.717, 1.165) is 5.39 Å². The van der Waals surface area contributed by atoms with Crippen molar-refractivity contribution in [2.24, 2.45) is 22.7 Å². The van der Waals surface area contributed by atoms with Gasteiger partial charge in [-0.05, 0) is 72.9 Å². The van der Waals surface area contributed by atoms with Crippen LogP contribution >= 0.6 is 0 Å². The van der Waals surface area contributed by atoms with Gasteiger partial charge in [0.25, 0.3) is 0 Å². The maximum atomic E-state index is 14.5. The zero-order chi connectivity index (χ0) is 36.0. The van der Waals surface area contributed by atoms with Gasteiger partial charge in [0.2, 0.25) is 27.7 Å². The fraction of sp³-hybridized carbons (Fsp3) is 0.595. The molecule has 6 rings (SSSR count). The first-order chi connectivity index (χ1) is 23.6. The molecule has 2 aliphatic carbocycles. The van der Waals surface area contributed by atoms with Crippen LogP contribution in [0.3, 0.4) is 0 Å². The minimum absolute atomic E-state index is 0.0252. The number of rotatable bonds is 7. The number of aliphatic hydroxyl groups excluding tert-OH is 1. The highest BCUT2D eigenvalue weighted by molar-refractivity contribution is 7.90. The van der Waals surface area contributed by atoms with E-state index in [1.54, 1.807) is 12.3 Å². The van der Waals surface area contributed by atoms with Crippen LogP contribution in [0.25, 0.3) is 10.8 Å². The molecule has 0 spiro atoms. The maximum Gasteiger partial charge on any atom is 0.306 e. The number of ketones is 1. The van der Waals surface area contributed by atoms with Crippen LogP contribution in [0.5, 0.6) is 5.88 Å². The number of aromatic nitrogens is 1. The van der Waals surface area contributed by atoms with Crippen LogP contribution in [0, 0.1) is 22.7 Å². The van der Waals surface area contributed by atoms with Gasteiger partial charge in [-0.1, -0.05) is 39.0 Å². The lowest BCUT2D eigenvalue weighted by molar-refractivity contribution is -0.153. The number of pyridine rings is 1. The van der Waals surface area contributed by atoms with Gasteiger partial charge in [-0.15, -0.1) is 6.58 Å². The minimum atomic E-state index is -3.85. The third kappa shape index (κ3) is 7.44. The lowest BCUT2D eigenvalue weighted by Gasteiger charge is -2.34. The first-order valence-corrected chi connectivity index (χ1v) is 19.1. The van der Waals surface area contributed by atoms with Gasteiger partial charge in [0.05, 0.1) is 48.3 Å². The fourth-order valence-corrected chi connectivity index (χ4v) is 8.73. The zero-order valence-corrected chi connectivity index (χ0v) is 29.7.